The van der Waals surface area contributed by atoms with E-state index in [1.54, 1.807) is 6.07 Å². The standard InChI is InChI=1S/C9H9N3O5S2/c10-4-5-1-2-8(18-5)19(16,17)12-6(9(14)15)3-7(11)13/h1-2,6,12H,3H2,(H2,11,13)(H,14,15). The Morgan fingerprint density at radius 3 is 2.58 bits per heavy atom. The number of nitrogens with one attached hydrogen (secondary N) is 1. The fourth-order valence-electron chi connectivity index (χ4n) is 1.15. The van der Waals surface area contributed by atoms with Gasteiger partial charge in [-0.05, 0) is 12.1 Å². The van der Waals surface area contributed by atoms with E-state index in [4.69, 9.17) is 16.1 Å². The Morgan fingerprint density at radius 2 is 2.16 bits per heavy atom. The Hall–Kier alpha value is -1.96. The Labute approximate surface area is 112 Å². The molecule has 0 spiro atoms. The van der Waals surface area contributed by atoms with Gasteiger partial charge in [0.1, 0.15) is 21.2 Å². The van der Waals surface area contributed by atoms with E-state index in [0.29, 0.717) is 11.3 Å². The van der Waals surface area contributed by atoms with Crippen LogP contribution in [0, 0.1) is 11.3 Å². The zero-order chi connectivity index (χ0) is 14.6. The molecule has 1 amide bonds. The molecule has 8 nitrogen and oxygen atoms in total. The van der Waals surface area contributed by atoms with Crippen LogP contribution in [0.4, 0.5) is 0 Å². The van der Waals surface area contributed by atoms with E-state index in [1.807, 2.05) is 4.72 Å². The van der Waals surface area contributed by atoms with E-state index < -0.39 is 34.4 Å². The maximum absolute atomic E-state index is 11.8. The molecule has 1 aromatic heterocycles. The van der Waals surface area contributed by atoms with E-state index in [1.165, 1.54) is 12.1 Å². The fraction of sp³-hybridized carbons (Fsp3) is 0.222. The van der Waals surface area contributed by atoms with Crippen molar-refractivity contribution in [1.82, 2.24) is 4.72 Å². The highest BCUT2D eigenvalue weighted by Gasteiger charge is 2.27. The number of carbonyl (C=O) groups excluding carboxylic acids is 1. The number of hydrogen-bond acceptors (Lipinski definition) is 6. The monoisotopic (exact) mass is 303 g/mol. The topological polar surface area (TPSA) is 150 Å². The van der Waals surface area contributed by atoms with E-state index in [2.05, 4.69) is 0 Å². The Balaban J connectivity index is 2.97. The molecule has 0 aliphatic rings. The maximum atomic E-state index is 11.8. The molecule has 0 aliphatic heterocycles. The molecule has 102 valence electrons. The number of thiophene rings is 1. The smallest absolute Gasteiger partial charge is 0.322 e. The average Bonchev–Trinajstić information content (AvgIpc) is 2.76. The van der Waals surface area contributed by atoms with Crippen LogP contribution in [0.1, 0.15) is 11.3 Å². The summed E-state index contributed by atoms with van der Waals surface area (Å²) >= 11 is 0.692. The summed E-state index contributed by atoms with van der Waals surface area (Å²) in [4.78, 5) is 21.7. The molecule has 0 saturated carbocycles. The number of carbonyl (C=O) groups is 2. The van der Waals surface area contributed by atoms with Crippen LogP contribution in [0.15, 0.2) is 16.3 Å². The fourth-order valence-corrected chi connectivity index (χ4v) is 3.46. The Morgan fingerprint density at radius 1 is 1.53 bits per heavy atom. The Kier molecular flexibility index (Phi) is 4.60. The van der Waals surface area contributed by atoms with Gasteiger partial charge in [0.15, 0.2) is 0 Å². The second-order valence-electron chi connectivity index (χ2n) is 3.41. The third kappa shape index (κ3) is 4.02. The van der Waals surface area contributed by atoms with Crippen LogP contribution in [-0.2, 0) is 19.6 Å². The number of primary amides is 1. The number of carboxylic acid groups (broad SMARTS) is 1. The molecular weight excluding hydrogens is 294 g/mol. The number of nitrogens with two attached hydrogens (primary N) is 1. The van der Waals surface area contributed by atoms with Crippen molar-refractivity contribution >= 4 is 33.2 Å². The molecule has 1 unspecified atom stereocenters. The molecule has 0 saturated heterocycles. The third-order valence-corrected chi connectivity index (χ3v) is 4.91. The van der Waals surface area contributed by atoms with Crippen LogP contribution in [0.3, 0.4) is 0 Å². The number of aliphatic carboxylic acids is 1. The summed E-state index contributed by atoms with van der Waals surface area (Å²) in [6, 6.07) is 2.59. The number of nitrogens with zero attached hydrogens (tertiary/aromatic N) is 1. The van der Waals surface area contributed by atoms with Crippen molar-refractivity contribution in [2.45, 2.75) is 16.7 Å². The van der Waals surface area contributed by atoms with Crippen molar-refractivity contribution in [2.75, 3.05) is 0 Å². The molecule has 19 heavy (non-hydrogen) atoms. The first-order valence-corrected chi connectivity index (χ1v) is 7.09. The number of nitriles is 1. The molecule has 0 radical (unpaired) electrons. The predicted octanol–water partition coefficient (Wildman–Crippen LogP) is -0.773. The number of rotatable bonds is 6. The molecule has 4 N–H and O–H groups in total. The second-order valence-corrected chi connectivity index (χ2v) is 6.44. The normalized spacial score (nSPS) is 12.6. The van der Waals surface area contributed by atoms with Crippen LogP contribution < -0.4 is 10.5 Å². The highest BCUT2D eigenvalue weighted by molar-refractivity contribution is 7.91. The minimum atomic E-state index is -4.11. The van der Waals surface area contributed by atoms with Crippen molar-refractivity contribution in [3.63, 3.8) is 0 Å². The van der Waals surface area contributed by atoms with Gasteiger partial charge >= 0.3 is 5.97 Å². The predicted molar refractivity (Wildman–Crippen MR) is 64.6 cm³/mol. The van der Waals surface area contributed by atoms with Crippen LogP contribution >= 0.6 is 11.3 Å². The highest BCUT2D eigenvalue weighted by Crippen LogP contribution is 2.21. The first-order valence-electron chi connectivity index (χ1n) is 4.79. The van der Waals surface area contributed by atoms with Gasteiger partial charge in [-0.2, -0.15) is 9.98 Å². The number of amides is 1. The van der Waals surface area contributed by atoms with E-state index >= 15 is 0 Å². The second kappa shape index (κ2) is 5.79. The Bertz CT molecular complexity index is 643. The molecule has 1 heterocycles. The van der Waals surface area contributed by atoms with E-state index in [0.717, 1.165) is 0 Å². The van der Waals surface area contributed by atoms with Crippen LogP contribution in [0.5, 0.6) is 0 Å². The lowest BCUT2D eigenvalue weighted by atomic mass is 10.2. The summed E-state index contributed by atoms with van der Waals surface area (Å²) in [6.07, 6.45) is -0.662. The third-order valence-electron chi connectivity index (χ3n) is 1.96. The van der Waals surface area contributed by atoms with E-state index in [9.17, 15) is 18.0 Å². The van der Waals surface area contributed by atoms with Crippen LogP contribution in [0.2, 0.25) is 0 Å². The first kappa shape index (κ1) is 15.1. The summed E-state index contributed by atoms with van der Waals surface area (Å²) in [5.41, 5.74) is 4.84. The number of sulfonamides is 1. The van der Waals surface area contributed by atoms with Gasteiger partial charge in [0, 0.05) is 0 Å². The van der Waals surface area contributed by atoms with Gasteiger partial charge < -0.3 is 10.8 Å². The number of hydrogen-bond donors (Lipinski definition) is 3. The van der Waals surface area contributed by atoms with Crippen molar-refractivity contribution in [3.05, 3.63) is 17.0 Å². The molecule has 0 aromatic carbocycles. The largest absolute Gasteiger partial charge is 0.480 e. The molecule has 10 heteroatoms. The summed E-state index contributed by atoms with van der Waals surface area (Å²) in [7, 11) is -4.11. The lowest BCUT2D eigenvalue weighted by molar-refractivity contribution is -0.140. The van der Waals surface area contributed by atoms with Crippen molar-refractivity contribution in [3.8, 4) is 6.07 Å². The minimum absolute atomic E-state index is 0.169. The zero-order valence-electron chi connectivity index (χ0n) is 9.36. The van der Waals surface area contributed by atoms with Gasteiger partial charge in [-0.25, -0.2) is 8.42 Å². The average molecular weight is 303 g/mol. The molecule has 1 aromatic rings. The highest BCUT2D eigenvalue weighted by atomic mass is 32.2. The molecule has 0 aliphatic carbocycles. The molecular formula is C9H9N3O5S2. The van der Waals surface area contributed by atoms with Gasteiger partial charge in [0.05, 0.1) is 6.42 Å². The van der Waals surface area contributed by atoms with Gasteiger partial charge in [-0.1, -0.05) is 0 Å². The van der Waals surface area contributed by atoms with Crippen LogP contribution in [-0.4, -0.2) is 31.4 Å². The number of carboxylic acids is 1. The van der Waals surface area contributed by atoms with Gasteiger partial charge in [0.25, 0.3) is 10.0 Å². The SMILES string of the molecule is N#Cc1ccc(S(=O)(=O)NC(CC(N)=O)C(=O)O)s1. The molecule has 0 fully saturated rings. The van der Waals surface area contributed by atoms with Crippen molar-refractivity contribution in [2.24, 2.45) is 5.73 Å². The zero-order valence-corrected chi connectivity index (χ0v) is 11.0. The first-order chi connectivity index (χ1) is 8.76. The van der Waals surface area contributed by atoms with Crippen molar-refractivity contribution < 1.29 is 23.1 Å². The quantitative estimate of drug-likeness (QED) is 0.627. The molecule has 0 bridgehead atoms. The summed E-state index contributed by atoms with van der Waals surface area (Å²) in [6.45, 7) is 0. The van der Waals surface area contributed by atoms with E-state index in [-0.39, 0.29) is 9.09 Å². The summed E-state index contributed by atoms with van der Waals surface area (Å²) in [5, 5.41) is 17.4. The minimum Gasteiger partial charge on any atom is -0.480 e. The van der Waals surface area contributed by atoms with Gasteiger partial charge in [0.2, 0.25) is 5.91 Å². The summed E-state index contributed by atoms with van der Waals surface area (Å²) < 4.78 is 25.3. The lowest BCUT2D eigenvalue weighted by Gasteiger charge is -2.11. The van der Waals surface area contributed by atoms with Gasteiger partial charge in [-0.15, -0.1) is 11.3 Å². The van der Waals surface area contributed by atoms with Crippen molar-refractivity contribution in [1.29, 1.82) is 5.26 Å². The van der Waals surface area contributed by atoms with Gasteiger partial charge in [-0.3, -0.25) is 9.59 Å². The summed E-state index contributed by atoms with van der Waals surface area (Å²) in [5.74, 6) is -2.46. The van der Waals surface area contributed by atoms with Crippen LogP contribution in [0.25, 0.3) is 0 Å². The molecule has 1 rings (SSSR count). The molecule has 1 atom stereocenters. The maximum Gasteiger partial charge on any atom is 0.322 e. The lowest BCUT2D eigenvalue weighted by Crippen LogP contribution is -2.43.